The third kappa shape index (κ3) is 4.91. The molecule has 1 heterocycles. The van der Waals surface area contributed by atoms with E-state index in [1.165, 1.54) is 12.8 Å². The number of rotatable bonds is 9. The van der Waals surface area contributed by atoms with Gasteiger partial charge in [-0.1, -0.05) is 19.0 Å². The smallest absolute Gasteiger partial charge is 0.240 e. The Bertz CT molecular complexity index is 375. The number of nitrogens with one attached hydrogen (secondary N) is 1. The number of aromatic nitrogens is 2. The van der Waals surface area contributed by atoms with Crippen LogP contribution < -0.4 is 5.32 Å². The summed E-state index contributed by atoms with van der Waals surface area (Å²) in [4.78, 5) is 4.39. The van der Waals surface area contributed by atoms with Gasteiger partial charge in [0.15, 0.2) is 5.82 Å². The van der Waals surface area contributed by atoms with Gasteiger partial charge in [-0.2, -0.15) is 4.98 Å². The van der Waals surface area contributed by atoms with Gasteiger partial charge in [-0.05, 0) is 37.5 Å². The summed E-state index contributed by atoms with van der Waals surface area (Å²) in [5.41, 5.74) is 0. The van der Waals surface area contributed by atoms with E-state index in [-0.39, 0.29) is 6.61 Å². The van der Waals surface area contributed by atoms with Gasteiger partial charge >= 0.3 is 0 Å². The molecule has 1 atom stereocenters. The molecule has 0 spiro atoms. The molecule has 0 radical (unpaired) electrons. The van der Waals surface area contributed by atoms with E-state index in [9.17, 15) is 0 Å². The topological polar surface area (TPSA) is 71.2 Å². The third-order valence-electron chi connectivity index (χ3n) is 3.60. The molecule has 5 nitrogen and oxygen atoms in total. The van der Waals surface area contributed by atoms with Crippen molar-refractivity contribution in [3.63, 3.8) is 0 Å². The number of nitrogens with zero attached hydrogens (tertiary/aromatic N) is 2. The Labute approximate surface area is 114 Å². The normalized spacial score (nSPS) is 17.1. The van der Waals surface area contributed by atoms with E-state index < -0.39 is 0 Å². The van der Waals surface area contributed by atoms with Crippen LogP contribution in [0.2, 0.25) is 0 Å². The molecular weight excluding hydrogens is 242 g/mol. The van der Waals surface area contributed by atoms with Crippen LogP contribution in [0.3, 0.4) is 0 Å². The number of aryl methyl sites for hydroxylation is 1. The Hall–Kier alpha value is -0.940. The van der Waals surface area contributed by atoms with E-state index in [1.807, 2.05) is 0 Å². The Balaban J connectivity index is 1.75. The van der Waals surface area contributed by atoms with Gasteiger partial charge in [-0.15, -0.1) is 0 Å². The molecule has 0 saturated heterocycles. The van der Waals surface area contributed by atoms with Crippen molar-refractivity contribution in [2.75, 3.05) is 6.61 Å². The minimum atomic E-state index is 0.234. The molecule has 1 aromatic heterocycles. The predicted molar refractivity (Wildman–Crippen MR) is 72.5 cm³/mol. The first kappa shape index (κ1) is 14.5. The van der Waals surface area contributed by atoms with Crippen LogP contribution in [0.5, 0.6) is 0 Å². The van der Waals surface area contributed by atoms with E-state index in [0.29, 0.717) is 24.4 Å². The lowest BCUT2D eigenvalue weighted by molar-refractivity contribution is 0.251. The quantitative estimate of drug-likeness (QED) is 0.715. The van der Waals surface area contributed by atoms with Crippen LogP contribution in [0, 0.1) is 11.8 Å². The zero-order chi connectivity index (χ0) is 13.7. The van der Waals surface area contributed by atoms with Crippen LogP contribution in [-0.2, 0) is 13.0 Å². The average molecular weight is 267 g/mol. The molecule has 1 aliphatic rings. The Morgan fingerprint density at radius 1 is 1.37 bits per heavy atom. The monoisotopic (exact) mass is 267 g/mol. The highest BCUT2D eigenvalue weighted by Crippen LogP contribution is 2.33. The molecule has 0 amide bonds. The standard InChI is InChI=1S/C14H25N3O2/c1-10(2)3-6-13-16-14(19-17-13)9-15-12(7-8-18)11-4-5-11/h10-12,15,18H,3-9H2,1-2H3. The lowest BCUT2D eigenvalue weighted by Gasteiger charge is -2.15. The summed E-state index contributed by atoms with van der Waals surface area (Å²) in [6.07, 6.45) is 5.30. The Morgan fingerprint density at radius 2 is 2.16 bits per heavy atom. The zero-order valence-electron chi connectivity index (χ0n) is 11.9. The fraction of sp³-hybridized carbons (Fsp3) is 0.857. The first-order valence-electron chi connectivity index (χ1n) is 7.34. The molecule has 1 unspecified atom stereocenters. The number of hydrogen-bond donors (Lipinski definition) is 2. The van der Waals surface area contributed by atoms with E-state index in [2.05, 4.69) is 29.3 Å². The first-order valence-corrected chi connectivity index (χ1v) is 7.34. The highest BCUT2D eigenvalue weighted by molar-refractivity contribution is 4.90. The van der Waals surface area contributed by atoms with Crippen LogP contribution in [0.1, 0.15) is 51.2 Å². The molecule has 1 fully saturated rings. The van der Waals surface area contributed by atoms with Crippen LogP contribution in [0.4, 0.5) is 0 Å². The second-order valence-electron chi connectivity index (χ2n) is 5.87. The summed E-state index contributed by atoms with van der Waals surface area (Å²) in [7, 11) is 0. The molecule has 0 aromatic carbocycles. The molecule has 2 N–H and O–H groups in total. The summed E-state index contributed by atoms with van der Waals surface area (Å²) < 4.78 is 5.24. The lowest BCUT2D eigenvalue weighted by Crippen LogP contribution is -2.31. The van der Waals surface area contributed by atoms with E-state index in [1.54, 1.807) is 0 Å². The van der Waals surface area contributed by atoms with Crippen molar-refractivity contribution in [1.82, 2.24) is 15.5 Å². The van der Waals surface area contributed by atoms with E-state index in [4.69, 9.17) is 9.63 Å². The molecule has 1 saturated carbocycles. The van der Waals surface area contributed by atoms with Crippen LogP contribution >= 0.6 is 0 Å². The van der Waals surface area contributed by atoms with E-state index >= 15 is 0 Å². The van der Waals surface area contributed by atoms with Gasteiger partial charge in [-0.3, -0.25) is 0 Å². The SMILES string of the molecule is CC(C)CCc1noc(CNC(CCO)C2CC2)n1. The maximum atomic E-state index is 9.05. The van der Waals surface area contributed by atoms with Gasteiger partial charge in [0.2, 0.25) is 5.89 Å². The molecule has 1 aromatic rings. The minimum Gasteiger partial charge on any atom is -0.396 e. The molecule has 19 heavy (non-hydrogen) atoms. The zero-order valence-corrected chi connectivity index (χ0v) is 11.9. The van der Waals surface area contributed by atoms with Gasteiger partial charge in [0.1, 0.15) is 0 Å². The molecular formula is C14H25N3O2. The fourth-order valence-electron chi connectivity index (χ4n) is 2.24. The summed E-state index contributed by atoms with van der Waals surface area (Å²) in [5, 5.41) is 16.5. The summed E-state index contributed by atoms with van der Waals surface area (Å²) in [5.74, 6) is 2.83. The van der Waals surface area contributed by atoms with Crippen LogP contribution in [0.25, 0.3) is 0 Å². The van der Waals surface area contributed by atoms with Crippen molar-refractivity contribution in [3.8, 4) is 0 Å². The fourth-order valence-corrected chi connectivity index (χ4v) is 2.24. The van der Waals surface area contributed by atoms with Crippen molar-refractivity contribution >= 4 is 0 Å². The summed E-state index contributed by atoms with van der Waals surface area (Å²) >= 11 is 0. The highest BCUT2D eigenvalue weighted by Gasteiger charge is 2.30. The molecule has 5 heteroatoms. The largest absolute Gasteiger partial charge is 0.396 e. The van der Waals surface area contributed by atoms with Crippen molar-refractivity contribution in [2.24, 2.45) is 11.8 Å². The Kier molecular flexibility index (Phi) is 5.34. The van der Waals surface area contributed by atoms with Crippen molar-refractivity contribution in [1.29, 1.82) is 0 Å². The van der Waals surface area contributed by atoms with Gasteiger partial charge in [0.25, 0.3) is 0 Å². The molecule has 0 aliphatic heterocycles. The molecule has 108 valence electrons. The predicted octanol–water partition coefficient (Wildman–Crippen LogP) is 1.91. The average Bonchev–Trinajstić information content (AvgIpc) is 3.12. The summed E-state index contributed by atoms with van der Waals surface area (Å²) in [6, 6.07) is 0.385. The second kappa shape index (κ2) is 7.01. The van der Waals surface area contributed by atoms with Crippen molar-refractivity contribution < 1.29 is 9.63 Å². The van der Waals surface area contributed by atoms with E-state index in [0.717, 1.165) is 31.0 Å². The maximum Gasteiger partial charge on any atom is 0.240 e. The highest BCUT2D eigenvalue weighted by atomic mass is 16.5. The molecule has 0 bridgehead atoms. The maximum absolute atomic E-state index is 9.05. The van der Waals surface area contributed by atoms with Crippen LogP contribution in [-0.4, -0.2) is 27.9 Å². The molecule has 1 aliphatic carbocycles. The number of aliphatic hydroxyl groups excluding tert-OH is 1. The third-order valence-corrected chi connectivity index (χ3v) is 3.60. The van der Waals surface area contributed by atoms with Crippen LogP contribution in [0.15, 0.2) is 4.52 Å². The lowest BCUT2D eigenvalue weighted by atomic mass is 10.1. The number of aliphatic hydroxyl groups is 1. The van der Waals surface area contributed by atoms with Crippen molar-refractivity contribution in [2.45, 2.75) is 58.5 Å². The van der Waals surface area contributed by atoms with Gasteiger partial charge in [-0.25, -0.2) is 0 Å². The summed E-state index contributed by atoms with van der Waals surface area (Å²) in [6.45, 7) is 5.23. The van der Waals surface area contributed by atoms with Gasteiger partial charge in [0, 0.05) is 19.1 Å². The van der Waals surface area contributed by atoms with Crippen molar-refractivity contribution in [3.05, 3.63) is 11.7 Å². The second-order valence-corrected chi connectivity index (χ2v) is 5.87. The minimum absolute atomic E-state index is 0.234. The number of hydrogen-bond acceptors (Lipinski definition) is 5. The molecule has 2 rings (SSSR count). The first-order chi connectivity index (χ1) is 9.19. The van der Waals surface area contributed by atoms with Gasteiger partial charge < -0.3 is 14.9 Å². The Morgan fingerprint density at radius 3 is 2.79 bits per heavy atom. The van der Waals surface area contributed by atoms with Gasteiger partial charge in [0.05, 0.1) is 6.54 Å².